The number of carbonyl (C=O) groups is 1. The molecule has 0 radical (unpaired) electrons. The molecule has 4 rings (SSSR count). The average molecular weight is 471 g/mol. The van der Waals surface area contributed by atoms with Gasteiger partial charge in [0.2, 0.25) is 10.0 Å². The van der Waals surface area contributed by atoms with Gasteiger partial charge in [-0.05, 0) is 48.6 Å². The van der Waals surface area contributed by atoms with Crippen LogP contribution in [0.4, 0.5) is 0 Å². The van der Waals surface area contributed by atoms with E-state index in [1.165, 1.54) is 15.6 Å². The number of benzene rings is 2. The van der Waals surface area contributed by atoms with Crippen LogP contribution in [0.15, 0.2) is 64.9 Å². The fourth-order valence-corrected chi connectivity index (χ4v) is 6.08. The van der Waals surface area contributed by atoms with E-state index in [2.05, 4.69) is 0 Å². The molecule has 0 spiro atoms. The number of aryl methyl sites for hydroxylation is 2. The van der Waals surface area contributed by atoms with Crippen LogP contribution in [0.1, 0.15) is 26.4 Å². The molecule has 0 unspecified atom stereocenters. The molecular formula is C24H26N2O4S2. The van der Waals surface area contributed by atoms with Crippen molar-refractivity contribution in [1.29, 1.82) is 0 Å². The molecule has 1 saturated heterocycles. The highest BCUT2D eigenvalue weighted by Gasteiger charge is 2.30. The molecule has 1 aromatic heterocycles. The van der Waals surface area contributed by atoms with Crippen LogP contribution < -0.4 is 4.74 Å². The molecule has 0 N–H and O–H groups in total. The van der Waals surface area contributed by atoms with Crippen LogP contribution in [0.3, 0.4) is 0 Å². The minimum Gasteiger partial charge on any atom is -0.488 e. The first-order valence-electron chi connectivity index (χ1n) is 10.5. The van der Waals surface area contributed by atoms with Crippen molar-refractivity contribution in [1.82, 2.24) is 9.21 Å². The lowest BCUT2D eigenvalue weighted by molar-refractivity contribution is 0.0702. The Morgan fingerprint density at radius 1 is 0.969 bits per heavy atom. The van der Waals surface area contributed by atoms with E-state index in [-0.39, 0.29) is 23.9 Å². The molecule has 1 aliphatic heterocycles. The molecule has 168 valence electrons. The van der Waals surface area contributed by atoms with Crippen molar-refractivity contribution in [2.24, 2.45) is 0 Å². The molecule has 8 heteroatoms. The fourth-order valence-electron chi connectivity index (χ4n) is 3.77. The third-order valence-electron chi connectivity index (χ3n) is 5.56. The number of rotatable bonds is 6. The van der Waals surface area contributed by atoms with E-state index in [0.717, 1.165) is 22.4 Å². The number of ether oxygens (including phenoxy) is 1. The Labute approximate surface area is 193 Å². The number of piperazine rings is 1. The number of nitrogens with zero attached hydrogens (tertiary/aromatic N) is 2. The standard InChI is InChI=1S/C24H26N2O4S2/c1-18-7-6-8-19(2)23(18)30-16-20-15-22(31-17-20)24(27)25-11-13-26(14-12-25)32(28,29)21-9-4-3-5-10-21/h3-10,15,17H,11-14,16H2,1-2H3. The van der Waals surface area contributed by atoms with Gasteiger partial charge in [-0.3, -0.25) is 4.79 Å². The molecule has 0 bridgehead atoms. The Morgan fingerprint density at radius 2 is 1.62 bits per heavy atom. The minimum atomic E-state index is -3.53. The number of para-hydroxylation sites is 1. The highest BCUT2D eigenvalue weighted by molar-refractivity contribution is 7.89. The molecule has 2 heterocycles. The quantitative estimate of drug-likeness (QED) is 0.544. The van der Waals surface area contributed by atoms with Crippen molar-refractivity contribution in [3.63, 3.8) is 0 Å². The molecule has 0 atom stereocenters. The van der Waals surface area contributed by atoms with Crippen LogP contribution in [-0.2, 0) is 16.6 Å². The van der Waals surface area contributed by atoms with Gasteiger partial charge in [0.1, 0.15) is 12.4 Å². The van der Waals surface area contributed by atoms with Crippen LogP contribution in [0.25, 0.3) is 0 Å². The van der Waals surface area contributed by atoms with Gasteiger partial charge in [-0.25, -0.2) is 8.42 Å². The average Bonchev–Trinajstić information content (AvgIpc) is 3.28. The number of amides is 1. The second-order valence-electron chi connectivity index (χ2n) is 7.84. The summed E-state index contributed by atoms with van der Waals surface area (Å²) in [5.41, 5.74) is 3.12. The van der Waals surface area contributed by atoms with Crippen molar-refractivity contribution in [2.45, 2.75) is 25.3 Å². The lowest BCUT2D eigenvalue weighted by Crippen LogP contribution is -2.50. The summed E-state index contributed by atoms with van der Waals surface area (Å²) >= 11 is 1.39. The van der Waals surface area contributed by atoms with E-state index >= 15 is 0 Å². The molecule has 1 amide bonds. The van der Waals surface area contributed by atoms with Crippen LogP contribution in [0.5, 0.6) is 5.75 Å². The maximum Gasteiger partial charge on any atom is 0.264 e. The highest BCUT2D eigenvalue weighted by atomic mass is 32.2. The third-order valence-corrected chi connectivity index (χ3v) is 8.44. The van der Waals surface area contributed by atoms with Crippen molar-refractivity contribution in [3.05, 3.63) is 81.5 Å². The molecule has 1 fully saturated rings. The number of thiophene rings is 1. The summed E-state index contributed by atoms with van der Waals surface area (Å²) in [7, 11) is -3.53. The van der Waals surface area contributed by atoms with Gasteiger partial charge in [-0.15, -0.1) is 11.3 Å². The smallest absolute Gasteiger partial charge is 0.264 e. The first kappa shape index (κ1) is 22.5. The number of carbonyl (C=O) groups excluding carboxylic acids is 1. The van der Waals surface area contributed by atoms with Gasteiger partial charge < -0.3 is 9.64 Å². The molecule has 0 saturated carbocycles. The minimum absolute atomic E-state index is 0.0647. The van der Waals surface area contributed by atoms with Gasteiger partial charge in [0.05, 0.1) is 9.77 Å². The lowest BCUT2D eigenvalue weighted by atomic mass is 10.1. The Kier molecular flexibility index (Phi) is 6.64. The largest absolute Gasteiger partial charge is 0.488 e. The Balaban J connectivity index is 1.35. The summed E-state index contributed by atoms with van der Waals surface area (Å²) in [6.07, 6.45) is 0. The number of sulfonamides is 1. The van der Waals surface area contributed by atoms with Crippen molar-refractivity contribution in [2.75, 3.05) is 26.2 Å². The summed E-state index contributed by atoms with van der Waals surface area (Å²) in [6, 6.07) is 16.3. The van der Waals surface area contributed by atoms with E-state index in [0.29, 0.717) is 24.6 Å². The Hall–Kier alpha value is -2.68. The van der Waals surface area contributed by atoms with Crippen LogP contribution in [0.2, 0.25) is 0 Å². The number of hydrogen-bond donors (Lipinski definition) is 0. The fraction of sp³-hybridized carbons (Fsp3) is 0.292. The lowest BCUT2D eigenvalue weighted by Gasteiger charge is -2.33. The molecule has 1 aliphatic rings. The highest BCUT2D eigenvalue weighted by Crippen LogP contribution is 2.25. The zero-order valence-electron chi connectivity index (χ0n) is 18.2. The number of hydrogen-bond acceptors (Lipinski definition) is 5. The second kappa shape index (κ2) is 9.44. The Morgan fingerprint density at radius 3 is 2.28 bits per heavy atom. The van der Waals surface area contributed by atoms with E-state index in [1.54, 1.807) is 35.2 Å². The topological polar surface area (TPSA) is 66.9 Å². The van der Waals surface area contributed by atoms with Crippen LogP contribution in [-0.4, -0.2) is 49.7 Å². The summed E-state index contributed by atoms with van der Waals surface area (Å²) < 4.78 is 33.0. The predicted molar refractivity (Wildman–Crippen MR) is 126 cm³/mol. The Bertz CT molecular complexity index is 1180. The van der Waals surface area contributed by atoms with Crippen LogP contribution in [0, 0.1) is 13.8 Å². The molecule has 2 aromatic carbocycles. The van der Waals surface area contributed by atoms with Crippen molar-refractivity contribution in [3.8, 4) is 5.75 Å². The van der Waals surface area contributed by atoms with Crippen molar-refractivity contribution < 1.29 is 17.9 Å². The van der Waals surface area contributed by atoms with Gasteiger partial charge in [-0.1, -0.05) is 36.4 Å². The monoisotopic (exact) mass is 470 g/mol. The van der Waals surface area contributed by atoms with Gasteiger partial charge >= 0.3 is 0 Å². The van der Waals surface area contributed by atoms with E-state index in [1.807, 2.05) is 43.5 Å². The second-order valence-corrected chi connectivity index (χ2v) is 10.7. The normalized spacial score (nSPS) is 15.0. The molecular weight excluding hydrogens is 444 g/mol. The first-order chi connectivity index (χ1) is 15.4. The van der Waals surface area contributed by atoms with Gasteiger partial charge in [0.15, 0.2) is 0 Å². The summed E-state index contributed by atoms with van der Waals surface area (Å²) in [5, 5.41) is 1.94. The van der Waals surface area contributed by atoms with Crippen molar-refractivity contribution >= 4 is 27.3 Å². The summed E-state index contributed by atoms with van der Waals surface area (Å²) in [6.45, 7) is 5.76. The molecule has 32 heavy (non-hydrogen) atoms. The maximum absolute atomic E-state index is 12.9. The zero-order valence-corrected chi connectivity index (χ0v) is 19.8. The van der Waals surface area contributed by atoms with E-state index < -0.39 is 10.0 Å². The maximum atomic E-state index is 12.9. The zero-order chi connectivity index (χ0) is 22.7. The predicted octanol–water partition coefficient (Wildman–Crippen LogP) is 4.09. The van der Waals surface area contributed by atoms with Crippen LogP contribution >= 0.6 is 11.3 Å². The molecule has 6 nitrogen and oxygen atoms in total. The first-order valence-corrected chi connectivity index (χ1v) is 12.8. The third kappa shape index (κ3) is 4.72. The van der Waals surface area contributed by atoms with Gasteiger partial charge in [0.25, 0.3) is 5.91 Å². The van der Waals surface area contributed by atoms with Gasteiger partial charge in [-0.2, -0.15) is 4.31 Å². The van der Waals surface area contributed by atoms with E-state index in [4.69, 9.17) is 4.74 Å². The molecule has 3 aromatic rings. The molecule has 0 aliphatic carbocycles. The summed E-state index contributed by atoms with van der Waals surface area (Å²) in [4.78, 5) is 15.6. The van der Waals surface area contributed by atoms with E-state index in [9.17, 15) is 13.2 Å². The summed E-state index contributed by atoms with van der Waals surface area (Å²) in [5.74, 6) is 0.812. The SMILES string of the molecule is Cc1cccc(C)c1OCc1csc(C(=O)N2CCN(S(=O)(=O)c3ccccc3)CC2)c1. The van der Waals surface area contributed by atoms with Gasteiger partial charge in [0, 0.05) is 31.7 Å².